The van der Waals surface area contributed by atoms with Gasteiger partial charge in [-0.3, -0.25) is 4.79 Å². The Morgan fingerprint density at radius 1 is 1.40 bits per heavy atom. The summed E-state index contributed by atoms with van der Waals surface area (Å²) in [7, 11) is 0. The van der Waals surface area contributed by atoms with E-state index in [1.807, 2.05) is 18.2 Å². The molecule has 0 spiro atoms. The number of aliphatic hydroxyl groups is 1. The van der Waals surface area contributed by atoms with E-state index in [-0.39, 0.29) is 12.5 Å². The molecular formula is C15H19ClN2O2. The van der Waals surface area contributed by atoms with Crippen LogP contribution < -0.4 is 10.2 Å². The van der Waals surface area contributed by atoms with Gasteiger partial charge in [0, 0.05) is 25.6 Å². The first-order chi connectivity index (χ1) is 9.67. The van der Waals surface area contributed by atoms with Crippen molar-refractivity contribution in [3.05, 3.63) is 28.8 Å². The Morgan fingerprint density at radius 2 is 2.25 bits per heavy atom. The zero-order valence-electron chi connectivity index (χ0n) is 11.3. The third kappa shape index (κ3) is 2.63. The predicted octanol–water partition coefficient (Wildman–Crippen LogP) is 1.94. The van der Waals surface area contributed by atoms with Crippen LogP contribution in [0.2, 0.25) is 5.02 Å². The third-order valence-electron chi connectivity index (χ3n) is 4.36. The minimum atomic E-state index is 0.0106. The number of piperidine rings is 2. The van der Waals surface area contributed by atoms with Gasteiger partial charge in [0.1, 0.15) is 0 Å². The summed E-state index contributed by atoms with van der Waals surface area (Å²) in [6.45, 7) is 1.85. The standard InChI is InChI=1S/C15H19ClN2O2/c16-12-7-10(9-19)1-3-14(12)18-6-5-13-11(8-18)2-4-15(20)17-13/h1,3,7,11,13,19H,2,4-6,8-9H2,(H,17,20). The molecule has 1 aromatic rings. The highest BCUT2D eigenvalue weighted by Gasteiger charge is 2.34. The monoisotopic (exact) mass is 294 g/mol. The Bertz CT molecular complexity index is 521. The Hall–Kier alpha value is -1.26. The fraction of sp³-hybridized carbons (Fsp3) is 0.533. The summed E-state index contributed by atoms with van der Waals surface area (Å²) < 4.78 is 0. The number of fused-ring (bicyclic) bond motifs is 1. The number of nitrogens with one attached hydrogen (secondary N) is 1. The molecule has 2 unspecified atom stereocenters. The lowest BCUT2D eigenvalue weighted by atomic mass is 9.85. The molecule has 20 heavy (non-hydrogen) atoms. The molecule has 1 aromatic carbocycles. The number of amides is 1. The van der Waals surface area contributed by atoms with E-state index in [9.17, 15) is 4.79 Å². The number of nitrogens with zero attached hydrogens (tertiary/aromatic N) is 1. The van der Waals surface area contributed by atoms with Crippen LogP contribution in [0.1, 0.15) is 24.8 Å². The molecule has 0 bridgehead atoms. The van der Waals surface area contributed by atoms with Crippen molar-refractivity contribution >= 4 is 23.2 Å². The number of benzene rings is 1. The van der Waals surface area contributed by atoms with Gasteiger partial charge in [0.25, 0.3) is 0 Å². The van der Waals surface area contributed by atoms with Crippen LogP contribution in [0.5, 0.6) is 0 Å². The molecule has 4 nitrogen and oxygen atoms in total. The highest BCUT2D eigenvalue weighted by Crippen LogP contribution is 2.33. The summed E-state index contributed by atoms with van der Waals surface area (Å²) >= 11 is 6.32. The lowest BCUT2D eigenvalue weighted by Gasteiger charge is -2.42. The molecule has 1 amide bonds. The Labute approximate surface area is 123 Å². The van der Waals surface area contributed by atoms with E-state index in [2.05, 4.69) is 10.2 Å². The first kappa shape index (κ1) is 13.7. The SMILES string of the molecule is O=C1CCC2CN(c3ccc(CO)cc3Cl)CCC2N1. The topological polar surface area (TPSA) is 52.6 Å². The molecule has 2 atom stereocenters. The Kier molecular flexibility index (Phi) is 3.85. The quantitative estimate of drug-likeness (QED) is 0.876. The Morgan fingerprint density at radius 3 is 3.00 bits per heavy atom. The lowest BCUT2D eigenvalue weighted by molar-refractivity contribution is -0.124. The second-order valence-electron chi connectivity index (χ2n) is 5.65. The summed E-state index contributed by atoms with van der Waals surface area (Å²) in [5, 5.41) is 12.9. The minimum Gasteiger partial charge on any atom is -0.392 e. The van der Waals surface area contributed by atoms with Crippen molar-refractivity contribution in [3.8, 4) is 0 Å². The first-order valence-corrected chi connectivity index (χ1v) is 7.49. The van der Waals surface area contributed by atoms with Crippen LogP contribution in [-0.2, 0) is 11.4 Å². The molecule has 2 saturated heterocycles. The number of anilines is 1. The zero-order valence-corrected chi connectivity index (χ0v) is 12.1. The minimum absolute atomic E-state index is 0.0106. The van der Waals surface area contributed by atoms with Crippen molar-refractivity contribution < 1.29 is 9.90 Å². The smallest absolute Gasteiger partial charge is 0.220 e. The largest absolute Gasteiger partial charge is 0.392 e. The van der Waals surface area contributed by atoms with E-state index < -0.39 is 0 Å². The van der Waals surface area contributed by atoms with Gasteiger partial charge in [0.2, 0.25) is 5.91 Å². The molecular weight excluding hydrogens is 276 g/mol. The second kappa shape index (κ2) is 5.62. The maximum absolute atomic E-state index is 11.4. The van der Waals surface area contributed by atoms with Crippen molar-refractivity contribution in [2.24, 2.45) is 5.92 Å². The van der Waals surface area contributed by atoms with Gasteiger partial charge in [-0.15, -0.1) is 0 Å². The number of rotatable bonds is 2. The molecule has 3 rings (SSSR count). The van der Waals surface area contributed by atoms with Gasteiger partial charge in [-0.25, -0.2) is 0 Å². The van der Waals surface area contributed by atoms with Gasteiger partial charge < -0.3 is 15.3 Å². The van der Waals surface area contributed by atoms with Crippen molar-refractivity contribution in [2.45, 2.75) is 31.9 Å². The van der Waals surface area contributed by atoms with Crippen LogP contribution in [-0.4, -0.2) is 30.1 Å². The zero-order chi connectivity index (χ0) is 14.1. The summed E-state index contributed by atoms with van der Waals surface area (Å²) in [5.41, 5.74) is 1.86. The van der Waals surface area contributed by atoms with Crippen molar-refractivity contribution in [1.82, 2.24) is 5.32 Å². The van der Waals surface area contributed by atoms with Gasteiger partial charge in [-0.05, 0) is 36.5 Å². The van der Waals surface area contributed by atoms with Crippen molar-refractivity contribution in [3.63, 3.8) is 0 Å². The van der Waals surface area contributed by atoms with Crippen molar-refractivity contribution in [2.75, 3.05) is 18.0 Å². The van der Waals surface area contributed by atoms with Crippen LogP contribution in [0.25, 0.3) is 0 Å². The van der Waals surface area contributed by atoms with Crippen LogP contribution in [0, 0.1) is 5.92 Å². The fourth-order valence-electron chi connectivity index (χ4n) is 3.23. The summed E-state index contributed by atoms with van der Waals surface area (Å²) in [6, 6.07) is 6.04. The first-order valence-electron chi connectivity index (χ1n) is 7.11. The molecule has 2 fully saturated rings. The number of carbonyl (C=O) groups is 1. The van der Waals surface area contributed by atoms with E-state index >= 15 is 0 Å². The molecule has 0 aromatic heterocycles. The summed E-state index contributed by atoms with van der Waals surface area (Å²) in [6.07, 6.45) is 2.56. The molecule has 2 aliphatic heterocycles. The molecule has 0 radical (unpaired) electrons. The number of hydrogen-bond acceptors (Lipinski definition) is 3. The summed E-state index contributed by atoms with van der Waals surface area (Å²) in [5.74, 6) is 0.695. The average Bonchev–Trinajstić information content (AvgIpc) is 2.46. The van der Waals surface area contributed by atoms with E-state index in [4.69, 9.17) is 16.7 Å². The van der Waals surface area contributed by atoms with E-state index in [0.717, 1.165) is 37.2 Å². The number of hydrogen-bond donors (Lipinski definition) is 2. The van der Waals surface area contributed by atoms with Crippen LogP contribution >= 0.6 is 11.6 Å². The highest BCUT2D eigenvalue weighted by atomic mass is 35.5. The lowest BCUT2D eigenvalue weighted by Crippen LogP contribution is -2.54. The maximum Gasteiger partial charge on any atom is 0.220 e. The Balaban J connectivity index is 1.74. The van der Waals surface area contributed by atoms with Crippen molar-refractivity contribution in [1.29, 1.82) is 0 Å². The number of halogens is 1. The van der Waals surface area contributed by atoms with Crippen LogP contribution in [0.3, 0.4) is 0 Å². The molecule has 2 aliphatic rings. The maximum atomic E-state index is 11.4. The molecule has 2 heterocycles. The second-order valence-corrected chi connectivity index (χ2v) is 6.06. The normalized spacial score (nSPS) is 26.1. The number of carbonyl (C=O) groups excluding carboxylic acids is 1. The molecule has 0 aliphatic carbocycles. The van der Waals surface area contributed by atoms with Gasteiger partial charge in [-0.1, -0.05) is 17.7 Å². The fourth-order valence-corrected chi connectivity index (χ4v) is 3.56. The van der Waals surface area contributed by atoms with Crippen LogP contribution in [0.15, 0.2) is 18.2 Å². The van der Waals surface area contributed by atoms with E-state index in [1.54, 1.807) is 0 Å². The van der Waals surface area contributed by atoms with Gasteiger partial charge in [0.05, 0.1) is 17.3 Å². The predicted molar refractivity (Wildman–Crippen MR) is 78.9 cm³/mol. The number of aliphatic hydroxyl groups excluding tert-OH is 1. The third-order valence-corrected chi connectivity index (χ3v) is 4.66. The van der Waals surface area contributed by atoms with Gasteiger partial charge in [-0.2, -0.15) is 0 Å². The molecule has 2 N–H and O–H groups in total. The van der Waals surface area contributed by atoms with Crippen LogP contribution in [0.4, 0.5) is 5.69 Å². The van der Waals surface area contributed by atoms with E-state index in [1.165, 1.54) is 0 Å². The van der Waals surface area contributed by atoms with Gasteiger partial charge >= 0.3 is 0 Å². The molecule has 108 valence electrons. The highest BCUT2D eigenvalue weighted by molar-refractivity contribution is 6.33. The average molecular weight is 295 g/mol. The van der Waals surface area contributed by atoms with E-state index in [0.29, 0.717) is 23.4 Å². The molecule has 0 saturated carbocycles. The molecule has 5 heteroatoms. The summed E-state index contributed by atoms with van der Waals surface area (Å²) in [4.78, 5) is 13.7. The van der Waals surface area contributed by atoms with Gasteiger partial charge in [0.15, 0.2) is 0 Å².